The van der Waals surface area contributed by atoms with E-state index in [1.807, 2.05) is 36.4 Å². The molecule has 3 aromatic rings. The molecule has 1 aliphatic heterocycles. The van der Waals surface area contributed by atoms with Crippen molar-refractivity contribution >= 4 is 17.3 Å². The Hall–Kier alpha value is -3.14. The van der Waals surface area contributed by atoms with E-state index in [4.69, 9.17) is 0 Å². The molecule has 0 spiro atoms. The molecule has 0 saturated carbocycles. The van der Waals surface area contributed by atoms with Crippen LogP contribution in [0, 0.1) is 13.8 Å². The number of rotatable bonds is 3. The van der Waals surface area contributed by atoms with Crippen molar-refractivity contribution in [2.24, 2.45) is 0 Å². The number of benzene rings is 2. The number of nitrogens with one attached hydrogen (secondary N) is 1. The summed E-state index contributed by atoms with van der Waals surface area (Å²) in [6.07, 6.45) is 3.18. The average Bonchev–Trinajstić information content (AvgIpc) is 2.91. The maximum absolute atomic E-state index is 13.0. The Kier molecular flexibility index (Phi) is 3.73. The molecule has 2 aromatic carbocycles. The highest BCUT2D eigenvalue weighted by molar-refractivity contribution is 6.11. The van der Waals surface area contributed by atoms with E-state index in [2.05, 4.69) is 42.3 Å². The van der Waals surface area contributed by atoms with Crippen LogP contribution in [0.5, 0.6) is 0 Å². The zero-order chi connectivity index (χ0) is 17.4. The summed E-state index contributed by atoms with van der Waals surface area (Å²) in [5, 5.41) is 3.55. The summed E-state index contributed by atoms with van der Waals surface area (Å²) in [7, 11) is 0. The van der Waals surface area contributed by atoms with E-state index in [9.17, 15) is 4.79 Å². The van der Waals surface area contributed by atoms with Crippen molar-refractivity contribution in [3.05, 3.63) is 89.2 Å². The highest BCUT2D eigenvalue weighted by atomic mass is 16.2. The number of anilines is 2. The fraction of sp³-hybridized carbons (Fsp3) is 0.143. The zero-order valence-corrected chi connectivity index (χ0v) is 14.2. The lowest BCUT2D eigenvalue weighted by molar-refractivity contribution is 0.0993. The Bertz CT molecular complexity index is 937. The summed E-state index contributed by atoms with van der Waals surface area (Å²) in [5.74, 6) is -0.00846. The van der Waals surface area contributed by atoms with Gasteiger partial charge in [0.05, 0.1) is 11.9 Å². The molecule has 1 unspecified atom stereocenters. The van der Waals surface area contributed by atoms with Gasteiger partial charge >= 0.3 is 0 Å². The SMILES string of the molecule is Cc1ccc(NC2c3ccccc3C(=O)N2c2cccnc2)c(C)c1. The summed E-state index contributed by atoms with van der Waals surface area (Å²) in [4.78, 5) is 18.9. The Morgan fingerprint density at radius 3 is 2.64 bits per heavy atom. The normalized spacial score (nSPS) is 16.0. The number of amides is 1. The van der Waals surface area contributed by atoms with Gasteiger partial charge in [-0.25, -0.2) is 0 Å². The summed E-state index contributed by atoms with van der Waals surface area (Å²) in [5.41, 5.74) is 5.89. The Labute approximate surface area is 147 Å². The minimum Gasteiger partial charge on any atom is -0.361 e. The molecule has 1 amide bonds. The lowest BCUT2D eigenvalue weighted by Gasteiger charge is -2.27. The Morgan fingerprint density at radius 2 is 1.88 bits per heavy atom. The van der Waals surface area contributed by atoms with E-state index in [1.165, 1.54) is 5.56 Å². The fourth-order valence-corrected chi connectivity index (χ4v) is 3.34. The highest BCUT2D eigenvalue weighted by Crippen LogP contribution is 2.38. The number of hydrogen-bond acceptors (Lipinski definition) is 3. The van der Waals surface area contributed by atoms with Gasteiger partial charge in [0, 0.05) is 23.0 Å². The van der Waals surface area contributed by atoms with Crippen molar-refractivity contribution in [3.8, 4) is 0 Å². The second-order valence-corrected chi connectivity index (χ2v) is 6.34. The van der Waals surface area contributed by atoms with Crippen molar-refractivity contribution in [1.29, 1.82) is 0 Å². The van der Waals surface area contributed by atoms with Crippen LogP contribution in [0.1, 0.15) is 33.2 Å². The van der Waals surface area contributed by atoms with Crippen molar-refractivity contribution in [2.75, 3.05) is 10.2 Å². The lowest BCUT2D eigenvalue weighted by Crippen LogP contribution is -2.32. The number of hydrogen-bond donors (Lipinski definition) is 1. The number of pyridine rings is 1. The number of carbonyl (C=O) groups is 1. The lowest BCUT2D eigenvalue weighted by atomic mass is 10.1. The number of aromatic nitrogens is 1. The molecule has 1 aliphatic rings. The molecule has 1 aromatic heterocycles. The molecule has 0 radical (unpaired) electrons. The van der Waals surface area contributed by atoms with Gasteiger partial charge in [-0.15, -0.1) is 0 Å². The van der Waals surface area contributed by atoms with Gasteiger partial charge in [0.2, 0.25) is 0 Å². The molecule has 4 nitrogen and oxygen atoms in total. The van der Waals surface area contributed by atoms with Gasteiger partial charge in [-0.05, 0) is 43.7 Å². The molecule has 124 valence electrons. The molecule has 25 heavy (non-hydrogen) atoms. The van der Waals surface area contributed by atoms with Crippen LogP contribution in [-0.4, -0.2) is 10.9 Å². The molecule has 0 saturated heterocycles. The van der Waals surface area contributed by atoms with E-state index >= 15 is 0 Å². The van der Waals surface area contributed by atoms with Crippen LogP contribution < -0.4 is 10.2 Å². The van der Waals surface area contributed by atoms with Gasteiger partial charge in [-0.1, -0.05) is 35.9 Å². The van der Waals surface area contributed by atoms with Crippen LogP contribution in [0.4, 0.5) is 11.4 Å². The molecule has 1 N–H and O–H groups in total. The first-order chi connectivity index (χ1) is 12.1. The summed E-state index contributed by atoms with van der Waals surface area (Å²) >= 11 is 0. The standard InChI is InChI=1S/C21H19N3O/c1-14-9-10-19(15(2)12-14)23-20-17-7-3-4-8-18(17)21(25)24(20)16-6-5-11-22-13-16/h3-13,20,23H,1-2H3. The Morgan fingerprint density at radius 1 is 1.04 bits per heavy atom. The largest absolute Gasteiger partial charge is 0.361 e. The van der Waals surface area contributed by atoms with Crippen molar-refractivity contribution in [3.63, 3.8) is 0 Å². The molecule has 4 heteroatoms. The molecular weight excluding hydrogens is 310 g/mol. The third-order valence-electron chi connectivity index (χ3n) is 4.56. The zero-order valence-electron chi connectivity index (χ0n) is 14.2. The van der Waals surface area contributed by atoms with Gasteiger partial charge in [0.1, 0.15) is 6.17 Å². The van der Waals surface area contributed by atoms with E-state index < -0.39 is 0 Å². The van der Waals surface area contributed by atoms with Crippen LogP contribution in [0.25, 0.3) is 0 Å². The van der Waals surface area contributed by atoms with Crippen LogP contribution in [0.15, 0.2) is 67.0 Å². The van der Waals surface area contributed by atoms with Gasteiger partial charge in [0.25, 0.3) is 5.91 Å². The van der Waals surface area contributed by atoms with E-state index in [-0.39, 0.29) is 12.1 Å². The molecule has 0 bridgehead atoms. The van der Waals surface area contributed by atoms with Gasteiger partial charge in [-0.3, -0.25) is 14.7 Å². The second-order valence-electron chi connectivity index (χ2n) is 6.34. The molecule has 0 fully saturated rings. The predicted molar refractivity (Wildman–Crippen MR) is 99.8 cm³/mol. The minimum atomic E-state index is -0.255. The number of nitrogens with zero attached hydrogens (tertiary/aromatic N) is 2. The van der Waals surface area contributed by atoms with E-state index in [0.29, 0.717) is 0 Å². The van der Waals surface area contributed by atoms with Gasteiger partial charge in [-0.2, -0.15) is 0 Å². The third-order valence-corrected chi connectivity index (χ3v) is 4.56. The molecular formula is C21H19N3O. The van der Waals surface area contributed by atoms with Crippen molar-refractivity contribution in [2.45, 2.75) is 20.0 Å². The minimum absolute atomic E-state index is 0.00846. The Balaban J connectivity index is 1.80. The van der Waals surface area contributed by atoms with Crippen LogP contribution in [0.2, 0.25) is 0 Å². The summed E-state index contributed by atoms with van der Waals surface area (Å²) in [6, 6.07) is 17.8. The first-order valence-electron chi connectivity index (χ1n) is 8.31. The van der Waals surface area contributed by atoms with Crippen LogP contribution in [0.3, 0.4) is 0 Å². The fourth-order valence-electron chi connectivity index (χ4n) is 3.34. The second kappa shape index (κ2) is 6.06. The van der Waals surface area contributed by atoms with Gasteiger partial charge < -0.3 is 5.32 Å². The number of aryl methyl sites for hydroxylation is 2. The number of fused-ring (bicyclic) bond motifs is 1. The van der Waals surface area contributed by atoms with E-state index in [0.717, 1.165) is 28.1 Å². The molecule has 2 heterocycles. The van der Waals surface area contributed by atoms with Crippen LogP contribution >= 0.6 is 0 Å². The van der Waals surface area contributed by atoms with Gasteiger partial charge in [0.15, 0.2) is 0 Å². The first kappa shape index (κ1) is 15.4. The van der Waals surface area contributed by atoms with Crippen molar-refractivity contribution < 1.29 is 4.79 Å². The predicted octanol–water partition coefficient (Wildman–Crippen LogP) is 4.47. The smallest absolute Gasteiger partial charge is 0.260 e. The highest BCUT2D eigenvalue weighted by Gasteiger charge is 2.37. The topological polar surface area (TPSA) is 45.2 Å². The summed E-state index contributed by atoms with van der Waals surface area (Å²) in [6.45, 7) is 4.15. The third kappa shape index (κ3) is 2.66. The maximum Gasteiger partial charge on any atom is 0.260 e. The molecule has 1 atom stereocenters. The molecule has 4 rings (SSSR count). The maximum atomic E-state index is 13.0. The quantitative estimate of drug-likeness (QED) is 0.771. The average molecular weight is 329 g/mol. The summed E-state index contributed by atoms with van der Waals surface area (Å²) < 4.78 is 0. The van der Waals surface area contributed by atoms with Crippen molar-refractivity contribution in [1.82, 2.24) is 4.98 Å². The monoisotopic (exact) mass is 329 g/mol. The first-order valence-corrected chi connectivity index (χ1v) is 8.31. The van der Waals surface area contributed by atoms with E-state index in [1.54, 1.807) is 17.3 Å². The number of carbonyl (C=O) groups excluding carboxylic acids is 1. The van der Waals surface area contributed by atoms with Crippen LogP contribution in [-0.2, 0) is 0 Å². The molecule has 0 aliphatic carbocycles.